The van der Waals surface area contributed by atoms with Crippen molar-refractivity contribution in [3.8, 4) is 0 Å². The third-order valence-electron chi connectivity index (χ3n) is 6.50. The standard InChI is InChI=1S/C18H31N3O2/c1-23-12-16-11-19(10-15-4-5-15)13-18(16)6-9-21(14-18)17(22)20-7-2-3-8-20/h15-16H,2-14H2,1H3/t16-,18+/m0/s1. The van der Waals surface area contributed by atoms with Crippen LogP contribution in [-0.2, 0) is 4.74 Å². The van der Waals surface area contributed by atoms with Crippen LogP contribution in [-0.4, -0.2) is 80.3 Å². The van der Waals surface area contributed by atoms with Crippen molar-refractivity contribution in [1.29, 1.82) is 0 Å². The fraction of sp³-hybridized carbons (Fsp3) is 0.944. The molecule has 1 aliphatic carbocycles. The van der Waals surface area contributed by atoms with Gasteiger partial charge in [-0.05, 0) is 38.0 Å². The van der Waals surface area contributed by atoms with Gasteiger partial charge < -0.3 is 19.4 Å². The van der Waals surface area contributed by atoms with Gasteiger partial charge >= 0.3 is 6.03 Å². The molecule has 0 aromatic rings. The highest BCUT2D eigenvalue weighted by Gasteiger charge is 2.52. The van der Waals surface area contributed by atoms with Crippen LogP contribution in [0.25, 0.3) is 0 Å². The van der Waals surface area contributed by atoms with Gasteiger partial charge in [0.05, 0.1) is 6.61 Å². The van der Waals surface area contributed by atoms with Crippen molar-refractivity contribution in [2.75, 3.05) is 59.5 Å². The van der Waals surface area contributed by atoms with Gasteiger partial charge in [0.25, 0.3) is 0 Å². The maximum Gasteiger partial charge on any atom is 0.320 e. The minimum absolute atomic E-state index is 0.278. The molecule has 0 N–H and O–H groups in total. The number of rotatable bonds is 4. The number of carbonyl (C=O) groups is 1. The number of amides is 2. The van der Waals surface area contributed by atoms with Crippen molar-refractivity contribution in [2.45, 2.75) is 32.1 Å². The number of hydrogen-bond donors (Lipinski definition) is 0. The molecule has 4 aliphatic rings. The van der Waals surface area contributed by atoms with Crippen LogP contribution in [0.5, 0.6) is 0 Å². The van der Waals surface area contributed by atoms with E-state index < -0.39 is 0 Å². The van der Waals surface area contributed by atoms with Gasteiger partial charge in [-0.3, -0.25) is 0 Å². The van der Waals surface area contributed by atoms with Gasteiger partial charge in [-0.15, -0.1) is 0 Å². The summed E-state index contributed by atoms with van der Waals surface area (Å²) in [6.45, 7) is 8.23. The number of nitrogens with zero attached hydrogens (tertiary/aromatic N) is 3. The Hall–Kier alpha value is -0.810. The van der Waals surface area contributed by atoms with Crippen molar-refractivity contribution < 1.29 is 9.53 Å². The van der Waals surface area contributed by atoms with Crippen LogP contribution in [0, 0.1) is 17.3 Å². The van der Waals surface area contributed by atoms with Crippen LogP contribution >= 0.6 is 0 Å². The van der Waals surface area contributed by atoms with Gasteiger partial charge in [0.15, 0.2) is 0 Å². The minimum atomic E-state index is 0.278. The summed E-state index contributed by atoms with van der Waals surface area (Å²) in [5, 5.41) is 0. The molecule has 3 saturated heterocycles. The second-order valence-corrected chi connectivity index (χ2v) is 8.30. The van der Waals surface area contributed by atoms with Crippen LogP contribution < -0.4 is 0 Å². The highest BCUT2D eigenvalue weighted by Crippen LogP contribution is 2.45. The molecule has 5 heteroatoms. The van der Waals surface area contributed by atoms with E-state index in [0.29, 0.717) is 5.92 Å². The first-order valence-electron chi connectivity index (χ1n) is 9.45. The average Bonchev–Trinajstić information content (AvgIpc) is 2.96. The molecular formula is C18H31N3O2. The fourth-order valence-corrected chi connectivity index (χ4v) is 5.01. The van der Waals surface area contributed by atoms with Crippen molar-refractivity contribution in [2.24, 2.45) is 17.3 Å². The lowest BCUT2D eigenvalue weighted by atomic mass is 9.78. The van der Waals surface area contributed by atoms with Gasteiger partial charge in [-0.25, -0.2) is 4.79 Å². The largest absolute Gasteiger partial charge is 0.384 e. The first-order chi connectivity index (χ1) is 11.2. The Morgan fingerprint density at radius 3 is 2.61 bits per heavy atom. The Labute approximate surface area is 139 Å². The van der Waals surface area contributed by atoms with Crippen LogP contribution in [0.2, 0.25) is 0 Å². The number of methoxy groups -OCH3 is 1. The van der Waals surface area contributed by atoms with Crippen molar-refractivity contribution in [3.63, 3.8) is 0 Å². The fourth-order valence-electron chi connectivity index (χ4n) is 5.01. The lowest BCUT2D eigenvalue weighted by molar-refractivity contribution is 0.0960. The summed E-state index contributed by atoms with van der Waals surface area (Å²) in [5.41, 5.74) is 0.278. The maximum atomic E-state index is 12.7. The van der Waals surface area contributed by atoms with Gasteiger partial charge in [0.1, 0.15) is 0 Å². The summed E-state index contributed by atoms with van der Waals surface area (Å²) in [7, 11) is 1.82. The summed E-state index contributed by atoms with van der Waals surface area (Å²) in [6.07, 6.45) is 6.33. The molecule has 0 unspecified atom stereocenters. The molecule has 2 amide bonds. The molecule has 130 valence electrons. The SMILES string of the molecule is COC[C@@H]1CN(CC2CC2)C[C@@]12CCN(C(=O)N1CCCC1)C2. The zero-order valence-electron chi connectivity index (χ0n) is 14.5. The Bertz CT molecular complexity index is 448. The summed E-state index contributed by atoms with van der Waals surface area (Å²) < 4.78 is 5.54. The molecule has 0 bridgehead atoms. The molecule has 1 saturated carbocycles. The monoisotopic (exact) mass is 321 g/mol. The van der Waals surface area contributed by atoms with E-state index in [9.17, 15) is 4.79 Å². The van der Waals surface area contributed by atoms with E-state index in [0.717, 1.165) is 51.7 Å². The Morgan fingerprint density at radius 1 is 1.13 bits per heavy atom. The van der Waals surface area contributed by atoms with Crippen molar-refractivity contribution in [1.82, 2.24) is 14.7 Å². The number of urea groups is 1. The summed E-state index contributed by atoms with van der Waals surface area (Å²) in [5.74, 6) is 1.53. The summed E-state index contributed by atoms with van der Waals surface area (Å²) >= 11 is 0. The predicted octanol–water partition coefficient (Wildman–Crippen LogP) is 1.88. The van der Waals surface area contributed by atoms with E-state index in [1.54, 1.807) is 0 Å². The molecular weight excluding hydrogens is 290 g/mol. The van der Waals surface area contributed by atoms with E-state index in [-0.39, 0.29) is 11.4 Å². The van der Waals surface area contributed by atoms with Crippen LogP contribution in [0.15, 0.2) is 0 Å². The van der Waals surface area contributed by atoms with E-state index in [1.165, 1.54) is 38.8 Å². The number of likely N-dealkylation sites (tertiary alicyclic amines) is 3. The van der Waals surface area contributed by atoms with Gasteiger partial charge in [0, 0.05) is 64.3 Å². The molecule has 3 aliphatic heterocycles. The number of hydrogen-bond acceptors (Lipinski definition) is 3. The van der Waals surface area contributed by atoms with Gasteiger partial charge in [-0.1, -0.05) is 0 Å². The van der Waals surface area contributed by atoms with Crippen molar-refractivity contribution >= 4 is 6.03 Å². The average molecular weight is 321 g/mol. The summed E-state index contributed by atoms with van der Waals surface area (Å²) in [4.78, 5) is 19.6. The van der Waals surface area contributed by atoms with E-state index in [1.807, 2.05) is 7.11 Å². The normalized spacial score (nSPS) is 34.9. The molecule has 3 heterocycles. The smallest absolute Gasteiger partial charge is 0.320 e. The van der Waals surface area contributed by atoms with Gasteiger partial charge in [0.2, 0.25) is 0 Å². The maximum absolute atomic E-state index is 12.7. The van der Waals surface area contributed by atoms with Crippen LogP contribution in [0.1, 0.15) is 32.1 Å². The van der Waals surface area contributed by atoms with Crippen LogP contribution in [0.3, 0.4) is 0 Å². The topological polar surface area (TPSA) is 36.0 Å². The molecule has 2 atom stereocenters. The minimum Gasteiger partial charge on any atom is -0.384 e. The van der Waals surface area contributed by atoms with Crippen LogP contribution in [0.4, 0.5) is 4.79 Å². The lowest BCUT2D eigenvalue weighted by Gasteiger charge is -2.31. The molecule has 4 rings (SSSR count). The summed E-state index contributed by atoms with van der Waals surface area (Å²) in [6, 6.07) is 0.288. The zero-order chi connectivity index (χ0) is 15.9. The Morgan fingerprint density at radius 2 is 1.91 bits per heavy atom. The van der Waals surface area contributed by atoms with E-state index >= 15 is 0 Å². The molecule has 5 nitrogen and oxygen atoms in total. The highest BCUT2D eigenvalue weighted by molar-refractivity contribution is 5.75. The Kier molecular flexibility index (Phi) is 4.26. The number of ether oxygens (including phenoxy) is 1. The molecule has 0 aromatic carbocycles. The predicted molar refractivity (Wildman–Crippen MR) is 89.4 cm³/mol. The van der Waals surface area contributed by atoms with E-state index in [4.69, 9.17) is 4.74 Å². The second-order valence-electron chi connectivity index (χ2n) is 8.30. The number of carbonyl (C=O) groups excluding carboxylic acids is 1. The Balaban J connectivity index is 1.42. The highest BCUT2D eigenvalue weighted by atomic mass is 16.5. The quantitative estimate of drug-likeness (QED) is 0.793. The molecule has 1 spiro atoms. The van der Waals surface area contributed by atoms with Gasteiger partial charge in [-0.2, -0.15) is 0 Å². The first kappa shape index (κ1) is 15.7. The zero-order valence-corrected chi connectivity index (χ0v) is 14.5. The molecule has 23 heavy (non-hydrogen) atoms. The van der Waals surface area contributed by atoms with Crippen molar-refractivity contribution in [3.05, 3.63) is 0 Å². The molecule has 0 aromatic heterocycles. The molecule has 0 radical (unpaired) electrons. The first-order valence-corrected chi connectivity index (χ1v) is 9.45. The van der Waals surface area contributed by atoms with E-state index in [2.05, 4.69) is 14.7 Å². The second kappa shape index (κ2) is 6.25. The third-order valence-corrected chi connectivity index (χ3v) is 6.50. The lowest BCUT2D eigenvalue weighted by Crippen LogP contribution is -2.43. The third kappa shape index (κ3) is 3.10. The molecule has 4 fully saturated rings.